The van der Waals surface area contributed by atoms with Crippen molar-refractivity contribution in [3.05, 3.63) is 35.4 Å². The summed E-state index contributed by atoms with van der Waals surface area (Å²) in [5.41, 5.74) is 8.19. The smallest absolute Gasteiger partial charge is 0.236 e. The van der Waals surface area contributed by atoms with Gasteiger partial charge in [-0.15, -0.1) is 12.4 Å². The van der Waals surface area contributed by atoms with Crippen LogP contribution in [0, 0.1) is 12.8 Å². The molecule has 0 spiro atoms. The van der Waals surface area contributed by atoms with Gasteiger partial charge in [0, 0.05) is 26.2 Å². The number of carbonyl (C=O) groups is 1. The summed E-state index contributed by atoms with van der Waals surface area (Å²) in [5, 5.41) is 0. The van der Waals surface area contributed by atoms with Crippen molar-refractivity contribution in [3.63, 3.8) is 0 Å². The van der Waals surface area contributed by atoms with Crippen LogP contribution in [0.4, 0.5) is 0 Å². The van der Waals surface area contributed by atoms with Gasteiger partial charge in [-0.1, -0.05) is 24.3 Å². The highest BCUT2D eigenvalue weighted by Gasteiger charge is 2.29. The van der Waals surface area contributed by atoms with Gasteiger partial charge in [0.15, 0.2) is 0 Å². The molecular formula is C17H28ClN3O. The lowest BCUT2D eigenvalue weighted by Gasteiger charge is -2.25. The van der Waals surface area contributed by atoms with E-state index in [-0.39, 0.29) is 18.3 Å². The van der Waals surface area contributed by atoms with Gasteiger partial charge in [-0.25, -0.2) is 0 Å². The number of rotatable bonds is 5. The number of hydrogen-bond donors (Lipinski definition) is 1. The summed E-state index contributed by atoms with van der Waals surface area (Å²) in [7, 11) is 1.88. The first-order valence-electron chi connectivity index (χ1n) is 7.73. The third kappa shape index (κ3) is 4.70. The van der Waals surface area contributed by atoms with E-state index in [2.05, 4.69) is 30.9 Å². The number of nitrogens with zero attached hydrogens (tertiary/aromatic N) is 2. The Morgan fingerprint density at radius 3 is 2.68 bits per heavy atom. The van der Waals surface area contributed by atoms with Crippen LogP contribution in [0.3, 0.4) is 0 Å². The number of hydrogen-bond acceptors (Lipinski definition) is 3. The molecule has 0 saturated carbocycles. The third-order valence-corrected chi connectivity index (χ3v) is 4.56. The van der Waals surface area contributed by atoms with Crippen molar-refractivity contribution in [3.8, 4) is 0 Å². The maximum absolute atomic E-state index is 12.4. The summed E-state index contributed by atoms with van der Waals surface area (Å²) >= 11 is 0. The van der Waals surface area contributed by atoms with Crippen LogP contribution in [0.15, 0.2) is 24.3 Å². The fourth-order valence-corrected chi connectivity index (χ4v) is 3.03. The van der Waals surface area contributed by atoms with Crippen LogP contribution in [0.25, 0.3) is 0 Å². The van der Waals surface area contributed by atoms with Crippen LogP contribution in [0.5, 0.6) is 0 Å². The van der Waals surface area contributed by atoms with E-state index >= 15 is 0 Å². The van der Waals surface area contributed by atoms with E-state index in [1.165, 1.54) is 11.1 Å². The molecule has 0 aromatic heterocycles. The van der Waals surface area contributed by atoms with E-state index in [4.69, 9.17) is 5.73 Å². The summed E-state index contributed by atoms with van der Waals surface area (Å²) in [4.78, 5) is 16.5. The number of nitrogens with two attached hydrogens (primary N) is 1. The van der Waals surface area contributed by atoms with E-state index in [9.17, 15) is 4.79 Å². The average Bonchev–Trinajstić information content (AvgIpc) is 2.82. The van der Waals surface area contributed by atoms with Crippen molar-refractivity contribution in [2.75, 3.05) is 26.7 Å². The van der Waals surface area contributed by atoms with Crippen LogP contribution in [0.1, 0.15) is 24.5 Å². The summed E-state index contributed by atoms with van der Waals surface area (Å²) in [5.74, 6) is 0.720. The van der Waals surface area contributed by atoms with Gasteiger partial charge >= 0.3 is 0 Å². The van der Waals surface area contributed by atoms with Gasteiger partial charge in [0.25, 0.3) is 0 Å². The molecule has 1 heterocycles. The molecule has 5 heteroatoms. The molecule has 1 amide bonds. The van der Waals surface area contributed by atoms with Gasteiger partial charge < -0.3 is 10.6 Å². The second kappa shape index (κ2) is 8.51. The highest BCUT2D eigenvalue weighted by atomic mass is 35.5. The largest absolute Gasteiger partial charge is 0.340 e. The van der Waals surface area contributed by atoms with Crippen molar-refractivity contribution in [1.82, 2.24) is 9.80 Å². The minimum Gasteiger partial charge on any atom is -0.340 e. The monoisotopic (exact) mass is 325 g/mol. The van der Waals surface area contributed by atoms with Crippen molar-refractivity contribution in [1.29, 1.82) is 0 Å². The Kier molecular flexibility index (Phi) is 7.33. The minimum absolute atomic E-state index is 0. The lowest BCUT2D eigenvalue weighted by atomic mass is 10.1. The number of amides is 1. The zero-order valence-corrected chi connectivity index (χ0v) is 14.6. The van der Waals surface area contributed by atoms with E-state index in [1.54, 1.807) is 0 Å². The molecule has 4 nitrogen and oxygen atoms in total. The zero-order valence-electron chi connectivity index (χ0n) is 13.8. The van der Waals surface area contributed by atoms with E-state index in [0.717, 1.165) is 13.0 Å². The van der Waals surface area contributed by atoms with E-state index in [1.807, 2.05) is 24.1 Å². The molecule has 1 saturated heterocycles. The number of benzene rings is 1. The van der Waals surface area contributed by atoms with Gasteiger partial charge in [-0.2, -0.15) is 0 Å². The normalized spacial score (nSPS) is 21.5. The maximum Gasteiger partial charge on any atom is 0.236 e. The fourth-order valence-electron chi connectivity index (χ4n) is 3.03. The van der Waals surface area contributed by atoms with Gasteiger partial charge in [-0.05, 0) is 43.9 Å². The molecule has 1 fully saturated rings. The summed E-state index contributed by atoms with van der Waals surface area (Å²) in [6.45, 7) is 7.11. The van der Waals surface area contributed by atoms with Crippen LogP contribution in [0.2, 0.25) is 0 Å². The molecule has 1 aliphatic heterocycles. The molecule has 0 aliphatic carbocycles. The lowest BCUT2D eigenvalue weighted by Crippen LogP contribution is -2.40. The molecule has 0 bridgehead atoms. The zero-order chi connectivity index (χ0) is 15.4. The fraction of sp³-hybridized carbons (Fsp3) is 0.588. The number of halogens is 1. The second-order valence-electron chi connectivity index (χ2n) is 6.29. The number of likely N-dealkylation sites (tertiary alicyclic amines) is 1. The lowest BCUT2D eigenvalue weighted by molar-refractivity contribution is -0.131. The minimum atomic E-state index is 0. The first-order chi connectivity index (χ1) is 10.0. The predicted octanol–water partition coefficient (Wildman–Crippen LogP) is 2.04. The molecule has 2 atom stereocenters. The molecule has 22 heavy (non-hydrogen) atoms. The Hall–Kier alpha value is -1.10. The van der Waals surface area contributed by atoms with Crippen molar-refractivity contribution < 1.29 is 4.79 Å². The molecule has 1 aliphatic rings. The second-order valence-corrected chi connectivity index (χ2v) is 6.29. The molecule has 2 unspecified atom stereocenters. The van der Waals surface area contributed by atoms with Crippen LogP contribution in [-0.2, 0) is 11.3 Å². The maximum atomic E-state index is 12.4. The Balaban J connectivity index is 0.00000242. The van der Waals surface area contributed by atoms with Gasteiger partial charge in [0.1, 0.15) is 0 Å². The SMILES string of the molecule is Cc1ccccc1CN(C)C(=O)CN1CC(CN)CC1C.Cl. The van der Waals surface area contributed by atoms with Crippen LogP contribution >= 0.6 is 12.4 Å². The van der Waals surface area contributed by atoms with E-state index < -0.39 is 0 Å². The predicted molar refractivity (Wildman–Crippen MR) is 93.1 cm³/mol. The summed E-state index contributed by atoms with van der Waals surface area (Å²) < 4.78 is 0. The van der Waals surface area contributed by atoms with E-state index in [0.29, 0.717) is 31.6 Å². The van der Waals surface area contributed by atoms with Crippen molar-refractivity contribution >= 4 is 18.3 Å². The first-order valence-corrected chi connectivity index (χ1v) is 7.73. The van der Waals surface area contributed by atoms with Gasteiger partial charge in [0.05, 0.1) is 6.54 Å². The third-order valence-electron chi connectivity index (χ3n) is 4.56. The van der Waals surface area contributed by atoms with Crippen molar-refractivity contribution in [2.45, 2.75) is 32.9 Å². The van der Waals surface area contributed by atoms with Crippen molar-refractivity contribution in [2.24, 2.45) is 11.7 Å². The van der Waals surface area contributed by atoms with Gasteiger partial charge in [0.2, 0.25) is 5.91 Å². The van der Waals surface area contributed by atoms with Crippen LogP contribution in [-0.4, -0.2) is 48.4 Å². The highest BCUT2D eigenvalue weighted by molar-refractivity contribution is 5.85. The summed E-state index contributed by atoms with van der Waals surface area (Å²) in [6, 6.07) is 8.67. The number of aryl methyl sites for hydroxylation is 1. The molecule has 2 N–H and O–H groups in total. The number of carbonyl (C=O) groups excluding carboxylic acids is 1. The Labute approximate surface area is 140 Å². The number of likely N-dealkylation sites (N-methyl/N-ethyl adjacent to an activating group) is 1. The van der Waals surface area contributed by atoms with Crippen LogP contribution < -0.4 is 5.73 Å². The topological polar surface area (TPSA) is 49.6 Å². The molecule has 1 aromatic rings. The Morgan fingerprint density at radius 1 is 1.41 bits per heavy atom. The quantitative estimate of drug-likeness (QED) is 0.901. The Bertz CT molecular complexity index is 495. The molecule has 2 rings (SSSR count). The molecule has 1 aromatic carbocycles. The molecule has 124 valence electrons. The van der Waals surface area contributed by atoms with Gasteiger partial charge in [-0.3, -0.25) is 9.69 Å². The summed E-state index contributed by atoms with van der Waals surface area (Å²) in [6.07, 6.45) is 1.10. The molecular weight excluding hydrogens is 298 g/mol. The molecule has 0 radical (unpaired) electrons. The Morgan fingerprint density at radius 2 is 2.09 bits per heavy atom. The average molecular weight is 326 g/mol. The first kappa shape index (κ1) is 18.9. The highest BCUT2D eigenvalue weighted by Crippen LogP contribution is 2.22. The standard InChI is InChI=1S/C17H27N3O.ClH/c1-13-6-4-5-7-16(13)11-19(3)17(21)12-20-10-15(9-18)8-14(20)2;/h4-7,14-15H,8-12,18H2,1-3H3;1H.